The summed E-state index contributed by atoms with van der Waals surface area (Å²) in [4.78, 5) is 4.50. The van der Waals surface area contributed by atoms with Crippen molar-refractivity contribution in [1.82, 2.24) is 10.3 Å². The topological polar surface area (TPSA) is 34.1 Å². The first-order valence-electron chi connectivity index (χ1n) is 6.24. The maximum atomic E-state index is 5.99. The molecule has 0 amide bonds. The van der Waals surface area contributed by atoms with Crippen molar-refractivity contribution >= 4 is 0 Å². The number of benzene rings is 1. The molecular weight excluding hydrogens is 224 g/mol. The summed E-state index contributed by atoms with van der Waals surface area (Å²) in [6.07, 6.45) is 2.79. The van der Waals surface area contributed by atoms with Crippen LogP contribution in [0.5, 0.6) is 11.5 Å². The minimum Gasteiger partial charge on any atom is -0.455 e. The number of para-hydroxylation sites is 1. The van der Waals surface area contributed by atoms with Crippen molar-refractivity contribution in [1.29, 1.82) is 0 Å². The van der Waals surface area contributed by atoms with Crippen LogP contribution in [0.2, 0.25) is 0 Å². The van der Waals surface area contributed by atoms with E-state index >= 15 is 0 Å². The lowest BCUT2D eigenvalue weighted by Gasteiger charge is -2.14. The average Bonchev–Trinajstić information content (AvgIpc) is 2.56. The molecule has 1 aliphatic heterocycles. The Kier molecular flexibility index (Phi) is 2.99. The van der Waals surface area contributed by atoms with E-state index in [1.54, 1.807) is 0 Å². The molecule has 1 aliphatic rings. The molecule has 0 spiro atoms. The number of hydrogen-bond donors (Lipinski definition) is 1. The molecule has 3 nitrogen and oxygen atoms in total. The Morgan fingerprint density at radius 1 is 1.22 bits per heavy atom. The molecule has 1 atom stereocenters. The van der Waals surface area contributed by atoms with Crippen molar-refractivity contribution in [3.05, 3.63) is 53.9 Å². The third-order valence-corrected chi connectivity index (χ3v) is 3.30. The molecule has 18 heavy (non-hydrogen) atoms. The minimum atomic E-state index is 0.356. The molecule has 1 N–H and O–H groups in total. The Morgan fingerprint density at radius 2 is 2.06 bits per heavy atom. The summed E-state index contributed by atoms with van der Waals surface area (Å²) < 4.78 is 5.99. The first kappa shape index (κ1) is 11.2. The van der Waals surface area contributed by atoms with E-state index in [-0.39, 0.29) is 0 Å². The fourth-order valence-electron chi connectivity index (χ4n) is 2.46. The number of likely N-dealkylation sites (N-methyl/N-ethyl adjacent to an activating group) is 1. The first-order valence-corrected chi connectivity index (χ1v) is 6.24. The molecule has 2 aromatic rings. The highest BCUT2D eigenvalue weighted by Crippen LogP contribution is 2.37. The lowest BCUT2D eigenvalue weighted by Crippen LogP contribution is -2.19. The minimum absolute atomic E-state index is 0.356. The van der Waals surface area contributed by atoms with E-state index in [1.165, 1.54) is 5.56 Å². The summed E-state index contributed by atoms with van der Waals surface area (Å²) in [6, 6.07) is 12.1. The molecule has 2 heterocycles. The summed E-state index contributed by atoms with van der Waals surface area (Å²) in [5.41, 5.74) is 2.29. The summed E-state index contributed by atoms with van der Waals surface area (Å²) in [5, 5.41) is 3.24. The number of fused-ring (bicyclic) bond motifs is 2. The van der Waals surface area contributed by atoms with Crippen LogP contribution >= 0.6 is 0 Å². The van der Waals surface area contributed by atoms with Crippen LogP contribution in [0.4, 0.5) is 0 Å². The number of nitrogens with zero attached hydrogens (tertiary/aromatic N) is 1. The van der Waals surface area contributed by atoms with Gasteiger partial charge in [0.15, 0.2) is 0 Å². The van der Waals surface area contributed by atoms with Gasteiger partial charge in [0.25, 0.3) is 0 Å². The van der Waals surface area contributed by atoms with Crippen LogP contribution < -0.4 is 10.1 Å². The van der Waals surface area contributed by atoms with Gasteiger partial charge in [-0.3, -0.25) is 4.98 Å². The van der Waals surface area contributed by atoms with Crippen molar-refractivity contribution in [3.63, 3.8) is 0 Å². The number of pyridine rings is 1. The zero-order valence-corrected chi connectivity index (χ0v) is 10.4. The lowest BCUT2D eigenvalue weighted by atomic mass is 9.95. The van der Waals surface area contributed by atoms with Crippen molar-refractivity contribution in [2.75, 3.05) is 13.6 Å². The van der Waals surface area contributed by atoms with E-state index in [9.17, 15) is 0 Å². The van der Waals surface area contributed by atoms with Crippen LogP contribution in [0.3, 0.4) is 0 Å². The molecular formula is C15H16N2O. The Hall–Kier alpha value is -1.87. The highest BCUT2D eigenvalue weighted by atomic mass is 16.5. The molecule has 1 aromatic carbocycles. The summed E-state index contributed by atoms with van der Waals surface area (Å²) in [6.45, 7) is 0.904. The molecule has 1 aromatic heterocycles. The average molecular weight is 240 g/mol. The second-order valence-corrected chi connectivity index (χ2v) is 4.56. The molecule has 0 saturated heterocycles. The molecule has 3 heteroatoms. The summed E-state index contributed by atoms with van der Waals surface area (Å²) in [5.74, 6) is 2.18. The van der Waals surface area contributed by atoms with E-state index in [4.69, 9.17) is 4.74 Å². The van der Waals surface area contributed by atoms with Gasteiger partial charge in [-0.2, -0.15) is 0 Å². The third kappa shape index (κ3) is 1.97. The van der Waals surface area contributed by atoms with Gasteiger partial charge in [0, 0.05) is 18.7 Å². The molecule has 0 unspecified atom stereocenters. The van der Waals surface area contributed by atoms with Crippen LogP contribution in [0.1, 0.15) is 17.2 Å². The number of aromatic nitrogens is 1. The number of ether oxygens (including phenoxy) is 1. The summed E-state index contributed by atoms with van der Waals surface area (Å²) >= 11 is 0. The maximum Gasteiger partial charge on any atom is 0.149 e. The zero-order chi connectivity index (χ0) is 12.4. The lowest BCUT2D eigenvalue weighted by molar-refractivity contribution is 0.474. The molecule has 3 rings (SSSR count). The largest absolute Gasteiger partial charge is 0.455 e. The highest BCUT2D eigenvalue weighted by molar-refractivity contribution is 5.44. The first-order chi connectivity index (χ1) is 8.88. The predicted molar refractivity (Wildman–Crippen MR) is 71.1 cm³/mol. The van der Waals surface area contributed by atoms with Gasteiger partial charge >= 0.3 is 0 Å². The number of rotatable bonds is 2. The van der Waals surface area contributed by atoms with Crippen molar-refractivity contribution in [2.45, 2.75) is 12.3 Å². The molecule has 0 aliphatic carbocycles. The van der Waals surface area contributed by atoms with E-state index in [1.807, 2.05) is 37.5 Å². The van der Waals surface area contributed by atoms with Gasteiger partial charge in [0.05, 0.1) is 5.69 Å². The third-order valence-electron chi connectivity index (χ3n) is 3.30. The summed E-state index contributed by atoms with van der Waals surface area (Å²) in [7, 11) is 1.97. The second-order valence-electron chi connectivity index (χ2n) is 4.56. The Balaban J connectivity index is 2.08. The molecule has 0 fully saturated rings. The molecule has 0 radical (unpaired) electrons. The smallest absolute Gasteiger partial charge is 0.149 e. The van der Waals surface area contributed by atoms with E-state index in [0.717, 1.165) is 30.2 Å². The zero-order valence-electron chi connectivity index (χ0n) is 10.4. The number of nitrogens with one attached hydrogen (secondary N) is 1. The van der Waals surface area contributed by atoms with Crippen LogP contribution in [0.15, 0.2) is 42.6 Å². The van der Waals surface area contributed by atoms with Gasteiger partial charge in [0.2, 0.25) is 0 Å². The van der Waals surface area contributed by atoms with Gasteiger partial charge in [-0.25, -0.2) is 0 Å². The quantitative estimate of drug-likeness (QED) is 0.876. The van der Waals surface area contributed by atoms with Gasteiger partial charge in [0.1, 0.15) is 11.5 Å². The molecule has 0 saturated carbocycles. The van der Waals surface area contributed by atoms with Crippen LogP contribution in [0, 0.1) is 0 Å². The molecule has 92 valence electrons. The Morgan fingerprint density at radius 3 is 2.94 bits per heavy atom. The van der Waals surface area contributed by atoms with Crippen molar-refractivity contribution < 1.29 is 4.74 Å². The van der Waals surface area contributed by atoms with E-state index in [2.05, 4.69) is 22.4 Å². The molecule has 0 bridgehead atoms. The normalized spacial score (nSPS) is 17.3. The van der Waals surface area contributed by atoms with Crippen LogP contribution in [-0.4, -0.2) is 18.6 Å². The predicted octanol–water partition coefficient (Wildman–Crippen LogP) is 2.73. The monoisotopic (exact) mass is 240 g/mol. The SMILES string of the molecule is CNC[C@H]1Cc2ccccc2Oc2cccnc21. The van der Waals surface area contributed by atoms with Crippen molar-refractivity contribution in [2.24, 2.45) is 0 Å². The van der Waals surface area contributed by atoms with E-state index < -0.39 is 0 Å². The van der Waals surface area contributed by atoms with Gasteiger partial charge < -0.3 is 10.1 Å². The second kappa shape index (κ2) is 4.78. The van der Waals surface area contributed by atoms with Gasteiger partial charge in [-0.05, 0) is 37.2 Å². The Labute approximate surface area is 107 Å². The standard InChI is InChI=1S/C15H16N2O/c1-16-10-12-9-11-5-2-3-6-13(11)18-14-7-4-8-17-15(12)14/h2-8,12,16H,9-10H2,1H3/t12-/m1/s1. The fourth-order valence-corrected chi connectivity index (χ4v) is 2.46. The van der Waals surface area contributed by atoms with Gasteiger partial charge in [-0.15, -0.1) is 0 Å². The van der Waals surface area contributed by atoms with Gasteiger partial charge in [-0.1, -0.05) is 18.2 Å². The van der Waals surface area contributed by atoms with Crippen molar-refractivity contribution in [3.8, 4) is 11.5 Å². The van der Waals surface area contributed by atoms with Crippen LogP contribution in [-0.2, 0) is 6.42 Å². The van der Waals surface area contributed by atoms with E-state index in [0.29, 0.717) is 5.92 Å². The van der Waals surface area contributed by atoms with Crippen LogP contribution in [0.25, 0.3) is 0 Å². The Bertz CT molecular complexity index is 554. The highest BCUT2D eigenvalue weighted by Gasteiger charge is 2.23. The number of hydrogen-bond acceptors (Lipinski definition) is 3. The maximum absolute atomic E-state index is 5.99. The fraction of sp³-hybridized carbons (Fsp3) is 0.267.